The van der Waals surface area contributed by atoms with Crippen LogP contribution in [-0.4, -0.2) is 11.8 Å². The molecular weight excluding hydrogens is 240 g/mol. The molecule has 0 amide bonds. The van der Waals surface area contributed by atoms with Crippen molar-refractivity contribution < 1.29 is 14.3 Å². The highest BCUT2D eigenvalue weighted by Crippen LogP contribution is 2.26. The molecule has 0 bridgehead atoms. The molecule has 0 N–H and O–H groups in total. The Morgan fingerprint density at radius 1 is 1.16 bits per heavy atom. The number of Topliss-reactive ketones (excluding diaryl/α,β-unsaturated/α-hetero) is 1. The van der Waals surface area contributed by atoms with Gasteiger partial charge >= 0.3 is 5.97 Å². The predicted octanol–water partition coefficient (Wildman–Crippen LogP) is 3.37. The Hall–Kier alpha value is -1.64. The molecule has 1 aromatic carbocycles. The van der Waals surface area contributed by atoms with Crippen molar-refractivity contribution in [2.24, 2.45) is 11.3 Å². The van der Waals surface area contributed by atoms with Crippen LogP contribution in [0.3, 0.4) is 0 Å². The van der Waals surface area contributed by atoms with E-state index in [9.17, 15) is 9.59 Å². The third-order valence-electron chi connectivity index (χ3n) is 3.02. The standard InChI is InChI=1S/C16H22O3/c1-12(2)15(18)16(3,4)10-14(17)19-11-13-8-6-5-7-9-13/h5-9,12H,10-11H2,1-4H3. The van der Waals surface area contributed by atoms with Gasteiger partial charge in [0.1, 0.15) is 12.4 Å². The van der Waals surface area contributed by atoms with Gasteiger partial charge in [0.15, 0.2) is 0 Å². The van der Waals surface area contributed by atoms with Crippen molar-refractivity contribution in [3.8, 4) is 0 Å². The maximum Gasteiger partial charge on any atom is 0.307 e. The molecule has 0 fully saturated rings. The maximum atomic E-state index is 12.0. The van der Waals surface area contributed by atoms with Crippen molar-refractivity contribution in [1.29, 1.82) is 0 Å². The van der Waals surface area contributed by atoms with Crippen molar-refractivity contribution in [2.75, 3.05) is 0 Å². The summed E-state index contributed by atoms with van der Waals surface area (Å²) in [6, 6.07) is 9.51. The van der Waals surface area contributed by atoms with Gasteiger partial charge in [-0.1, -0.05) is 58.0 Å². The zero-order chi connectivity index (χ0) is 14.5. The number of ketones is 1. The van der Waals surface area contributed by atoms with Crippen LogP contribution in [0.5, 0.6) is 0 Å². The van der Waals surface area contributed by atoms with Crippen LogP contribution in [0.2, 0.25) is 0 Å². The molecule has 0 heterocycles. The van der Waals surface area contributed by atoms with E-state index < -0.39 is 5.41 Å². The van der Waals surface area contributed by atoms with Gasteiger partial charge < -0.3 is 4.74 Å². The van der Waals surface area contributed by atoms with Gasteiger partial charge in [-0.3, -0.25) is 9.59 Å². The molecule has 1 aromatic rings. The third kappa shape index (κ3) is 4.86. The molecule has 0 saturated carbocycles. The fraction of sp³-hybridized carbons (Fsp3) is 0.500. The topological polar surface area (TPSA) is 43.4 Å². The molecule has 0 unspecified atom stereocenters. The average molecular weight is 262 g/mol. The molecular formula is C16H22O3. The first-order chi connectivity index (χ1) is 8.83. The van der Waals surface area contributed by atoms with Crippen molar-refractivity contribution >= 4 is 11.8 Å². The van der Waals surface area contributed by atoms with Crippen LogP contribution in [-0.2, 0) is 20.9 Å². The van der Waals surface area contributed by atoms with Crippen LogP contribution in [0.25, 0.3) is 0 Å². The van der Waals surface area contributed by atoms with Gasteiger partial charge in [-0.05, 0) is 5.56 Å². The average Bonchev–Trinajstić information content (AvgIpc) is 2.36. The van der Waals surface area contributed by atoms with E-state index in [1.165, 1.54) is 0 Å². The first-order valence-corrected chi connectivity index (χ1v) is 6.57. The molecule has 19 heavy (non-hydrogen) atoms. The largest absolute Gasteiger partial charge is 0.461 e. The number of carbonyl (C=O) groups excluding carboxylic acids is 2. The van der Waals surface area contributed by atoms with Crippen molar-refractivity contribution in [2.45, 2.75) is 40.7 Å². The fourth-order valence-electron chi connectivity index (χ4n) is 2.02. The summed E-state index contributed by atoms with van der Waals surface area (Å²) in [4.78, 5) is 23.8. The van der Waals surface area contributed by atoms with E-state index in [1.807, 2.05) is 44.2 Å². The van der Waals surface area contributed by atoms with Gasteiger partial charge in [-0.2, -0.15) is 0 Å². The van der Waals surface area contributed by atoms with E-state index in [4.69, 9.17) is 4.74 Å². The number of ether oxygens (including phenoxy) is 1. The van der Waals surface area contributed by atoms with Crippen molar-refractivity contribution in [3.63, 3.8) is 0 Å². The fourth-order valence-corrected chi connectivity index (χ4v) is 2.02. The molecule has 3 heteroatoms. The summed E-state index contributed by atoms with van der Waals surface area (Å²) in [5, 5.41) is 0. The molecule has 0 saturated heterocycles. The third-order valence-corrected chi connectivity index (χ3v) is 3.02. The molecule has 0 aliphatic carbocycles. The highest BCUT2D eigenvalue weighted by atomic mass is 16.5. The Kier molecular flexibility index (Phi) is 5.28. The second-order valence-corrected chi connectivity index (χ2v) is 5.73. The Morgan fingerprint density at radius 2 is 1.74 bits per heavy atom. The normalized spacial score (nSPS) is 11.4. The zero-order valence-corrected chi connectivity index (χ0v) is 12.1. The lowest BCUT2D eigenvalue weighted by atomic mass is 9.80. The van der Waals surface area contributed by atoms with E-state index in [-0.39, 0.29) is 30.7 Å². The Morgan fingerprint density at radius 3 is 2.26 bits per heavy atom. The lowest BCUT2D eigenvalue weighted by Crippen LogP contribution is -2.31. The van der Waals surface area contributed by atoms with Gasteiger partial charge in [-0.15, -0.1) is 0 Å². The predicted molar refractivity (Wildman–Crippen MR) is 74.5 cm³/mol. The first-order valence-electron chi connectivity index (χ1n) is 6.57. The summed E-state index contributed by atoms with van der Waals surface area (Å²) in [6.07, 6.45) is 0.122. The summed E-state index contributed by atoms with van der Waals surface area (Å²) in [6.45, 7) is 7.53. The summed E-state index contributed by atoms with van der Waals surface area (Å²) >= 11 is 0. The van der Waals surface area contributed by atoms with E-state index in [0.717, 1.165) is 5.56 Å². The molecule has 0 aliphatic rings. The van der Waals surface area contributed by atoms with E-state index in [0.29, 0.717) is 0 Å². The Labute approximate surface area is 115 Å². The van der Waals surface area contributed by atoms with Crippen LogP contribution >= 0.6 is 0 Å². The Balaban J connectivity index is 2.49. The van der Waals surface area contributed by atoms with Gasteiger partial charge in [0.25, 0.3) is 0 Å². The molecule has 0 aromatic heterocycles. The SMILES string of the molecule is CC(C)C(=O)C(C)(C)CC(=O)OCc1ccccc1. The molecule has 0 atom stereocenters. The second-order valence-electron chi connectivity index (χ2n) is 5.73. The number of hydrogen-bond donors (Lipinski definition) is 0. The number of rotatable bonds is 6. The lowest BCUT2D eigenvalue weighted by Gasteiger charge is -2.24. The molecule has 104 valence electrons. The van der Waals surface area contributed by atoms with Gasteiger partial charge in [0.2, 0.25) is 0 Å². The minimum Gasteiger partial charge on any atom is -0.461 e. The van der Waals surface area contributed by atoms with Crippen LogP contribution in [0.1, 0.15) is 39.7 Å². The van der Waals surface area contributed by atoms with Crippen LogP contribution in [0.15, 0.2) is 30.3 Å². The monoisotopic (exact) mass is 262 g/mol. The number of esters is 1. The summed E-state index contributed by atoms with van der Waals surface area (Å²) in [5.41, 5.74) is 0.283. The molecule has 0 spiro atoms. The number of carbonyl (C=O) groups is 2. The second kappa shape index (κ2) is 6.50. The lowest BCUT2D eigenvalue weighted by molar-refractivity contribution is -0.150. The van der Waals surface area contributed by atoms with Crippen molar-refractivity contribution in [1.82, 2.24) is 0 Å². The van der Waals surface area contributed by atoms with Gasteiger partial charge in [0.05, 0.1) is 6.42 Å². The quantitative estimate of drug-likeness (QED) is 0.738. The highest BCUT2D eigenvalue weighted by molar-refractivity contribution is 5.89. The van der Waals surface area contributed by atoms with Crippen molar-refractivity contribution in [3.05, 3.63) is 35.9 Å². The van der Waals surface area contributed by atoms with Crippen LogP contribution in [0, 0.1) is 11.3 Å². The molecule has 0 aliphatic heterocycles. The smallest absolute Gasteiger partial charge is 0.307 e. The summed E-state index contributed by atoms with van der Waals surface area (Å²) in [5.74, 6) is -0.316. The maximum absolute atomic E-state index is 12.0. The van der Waals surface area contributed by atoms with Gasteiger partial charge in [0, 0.05) is 11.3 Å². The molecule has 0 radical (unpaired) electrons. The number of hydrogen-bond acceptors (Lipinski definition) is 3. The summed E-state index contributed by atoms with van der Waals surface area (Å²) < 4.78 is 5.20. The van der Waals surface area contributed by atoms with Gasteiger partial charge in [-0.25, -0.2) is 0 Å². The Bertz CT molecular complexity index is 433. The number of benzene rings is 1. The van der Waals surface area contributed by atoms with E-state index in [1.54, 1.807) is 13.8 Å². The first kappa shape index (κ1) is 15.4. The molecule has 3 nitrogen and oxygen atoms in total. The van der Waals surface area contributed by atoms with E-state index >= 15 is 0 Å². The summed E-state index contributed by atoms with van der Waals surface area (Å²) in [7, 11) is 0. The zero-order valence-electron chi connectivity index (χ0n) is 12.1. The highest BCUT2D eigenvalue weighted by Gasteiger charge is 2.32. The van der Waals surface area contributed by atoms with Crippen LogP contribution in [0.4, 0.5) is 0 Å². The minimum absolute atomic E-state index is 0.0723. The van der Waals surface area contributed by atoms with Crippen LogP contribution < -0.4 is 0 Å². The minimum atomic E-state index is -0.665. The molecule has 1 rings (SSSR count). The van der Waals surface area contributed by atoms with E-state index in [2.05, 4.69) is 0 Å².